The monoisotopic (exact) mass is 308 g/mol. The van der Waals surface area contributed by atoms with Crippen LogP contribution in [0.2, 0.25) is 0 Å². The lowest BCUT2D eigenvalue weighted by atomic mass is 10.1. The van der Waals surface area contributed by atoms with Gasteiger partial charge in [0.25, 0.3) is 0 Å². The van der Waals surface area contributed by atoms with Crippen molar-refractivity contribution in [2.45, 2.75) is 6.54 Å². The first-order valence-corrected chi connectivity index (χ1v) is 8.10. The molecule has 0 saturated carbocycles. The summed E-state index contributed by atoms with van der Waals surface area (Å²) in [5.74, 6) is 0.932. The zero-order chi connectivity index (χ0) is 14.9. The molecule has 22 heavy (non-hydrogen) atoms. The number of pyridine rings is 1. The maximum Gasteiger partial charge on any atom is 0.135 e. The van der Waals surface area contributed by atoms with E-state index in [1.54, 1.807) is 11.3 Å². The largest absolute Gasteiger partial charge is 0.399 e. The summed E-state index contributed by atoms with van der Waals surface area (Å²) in [4.78, 5) is 4.76. The summed E-state index contributed by atoms with van der Waals surface area (Å²) in [5.41, 5.74) is 7.58. The zero-order valence-electron chi connectivity index (χ0n) is 12.0. The third-order valence-electron chi connectivity index (χ3n) is 3.75. The van der Waals surface area contributed by atoms with Crippen molar-refractivity contribution in [3.05, 3.63) is 54.2 Å². The second kappa shape index (κ2) is 5.35. The number of nitrogens with zero attached hydrogens (tertiary/aromatic N) is 2. The number of nitrogen functional groups attached to an aromatic ring is 1. The average molecular weight is 308 g/mol. The number of aromatic nitrogens is 2. The smallest absolute Gasteiger partial charge is 0.135 e. The van der Waals surface area contributed by atoms with Crippen LogP contribution in [0.25, 0.3) is 21.0 Å². The Kier molecular flexibility index (Phi) is 3.20. The van der Waals surface area contributed by atoms with Gasteiger partial charge in [-0.2, -0.15) is 0 Å². The van der Waals surface area contributed by atoms with E-state index in [9.17, 15) is 0 Å². The normalized spacial score (nSPS) is 11.3. The van der Waals surface area contributed by atoms with E-state index in [1.807, 2.05) is 24.3 Å². The van der Waals surface area contributed by atoms with Crippen LogP contribution in [0.5, 0.6) is 0 Å². The Morgan fingerprint density at radius 1 is 1.14 bits per heavy atom. The van der Waals surface area contributed by atoms with Crippen LogP contribution in [0.3, 0.4) is 0 Å². The van der Waals surface area contributed by atoms with Gasteiger partial charge in [-0.25, -0.2) is 4.98 Å². The molecule has 0 unspecified atom stereocenters. The van der Waals surface area contributed by atoms with E-state index in [0.717, 1.165) is 35.5 Å². The van der Waals surface area contributed by atoms with E-state index in [1.165, 1.54) is 10.1 Å². The number of thiophene rings is 1. The van der Waals surface area contributed by atoms with Gasteiger partial charge in [0, 0.05) is 46.6 Å². The number of nitrogens with one attached hydrogen (secondary N) is 1. The molecule has 0 saturated heterocycles. The molecule has 0 aliphatic heterocycles. The number of hydrogen-bond acceptors (Lipinski definition) is 4. The molecule has 4 aromatic rings. The van der Waals surface area contributed by atoms with Crippen molar-refractivity contribution >= 4 is 43.8 Å². The van der Waals surface area contributed by atoms with E-state index in [2.05, 4.69) is 39.8 Å². The van der Waals surface area contributed by atoms with E-state index in [4.69, 9.17) is 10.7 Å². The Hall–Kier alpha value is -2.53. The highest BCUT2D eigenvalue weighted by Crippen LogP contribution is 2.33. The van der Waals surface area contributed by atoms with Crippen molar-refractivity contribution in [3.63, 3.8) is 0 Å². The Morgan fingerprint density at radius 2 is 2.00 bits per heavy atom. The van der Waals surface area contributed by atoms with Crippen LogP contribution in [0.1, 0.15) is 0 Å². The van der Waals surface area contributed by atoms with Crippen molar-refractivity contribution in [2.75, 3.05) is 17.6 Å². The molecule has 0 bridgehead atoms. The average Bonchev–Trinajstić information content (AvgIpc) is 3.18. The first-order chi connectivity index (χ1) is 10.8. The Labute approximate surface area is 132 Å². The fourth-order valence-electron chi connectivity index (χ4n) is 2.68. The summed E-state index contributed by atoms with van der Waals surface area (Å²) in [6.07, 6.45) is 4.13. The minimum absolute atomic E-state index is 0.745. The lowest BCUT2D eigenvalue weighted by Gasteiger charge is -2.10. The second-order valence-corrected chi connectivity index (χ2v) is 6.16. The SMILES string of the molecule is Nc1ccc2c(c1)nc(NCCn1cccc1)c1ccsc12. The fourth-order valence-corrected chi connectivity index (χ4v) is 3.61. The molecular formula is C17H16N4S. The number of rotatable bonds is 4. The van der Waals surface area contributed by atoms with Gasteiger partial charge in [0.05, 0.1) is 5.52 Å². The number of anilines is 2. The maximum atomic E-state index is 5.90. The van der Waals surface area contributed by atoms with Gasteiger partial charge in [0.15, 0.2) is 0 Å². The molecule has 110 valence electrons. The number of hydrogen-bond donors (Lipinski definition) is 2. The van der Waals surface area contributed by atoms with Crippen LogP contribution in [-0.4, -0.2) is 16.1 Å². The molecule has 3 aromatic heterocycles. The molecule has 1 aromatic carbocycles. The van der Waals surface area contributed by atoms with Gasteiger partial charge >= 0.3 is 0 Å². The summed E-state index contributed by atoms with van der Waals surface area (Å²) >= 11 is 1.74. The van der Waals surface area contributed by atoms with Gasteiger partial charge in [0.2, 0.25) is 0 Å². The number of benzene rings is 1. The molecular weight excluding hydrogens is 292 g/mol. The summed E-state index contributed by atoms with van der Waals surface area (Å²) in [5, 5.41) is 7.91. The van der Waals surface area contributed by atoms with Crippen LogP contribution in [-0.2, 0) is 6.54 Å². The minimum Gasteiger partial charge on any atom is -0.399 e. The van der Waals surface area contributed by atoms with E-state index >= 15 is 0 Å². The standard InChI is InChI=1S/C17H16N4S/c18-12-3-4-13-15(11-12)20-17(14-5-10-22-16(13)14)19-6-9-21-7-1-2-8-21/h1-5,7-8,10-11H,6,9,18H2,(H,19,20). The zero-order valence-corrected chi connectivity index (χ0v) is 12.8. The van der Waals surface area contributed by atoms with Crippen molar-refractivity contribution < 1.29 is 0 Å². The first kappa shape index (κ1) is 13.2. The van der Waals surface area contributed by atoms with Crippen molar-refractivity contribution in [1.82, 2.24) is 9.55 Å². The van der Waals surface area contributed by atoms with Crippen molar-refractivity contribution in [2.24, 2.45) is 0 Å². The summed E-state index contributed by atoms with van der Waals surface area (Å²) in [6, 6.07) is 12.1. The molecule has 0 spiro atoms. The van der Waals surface area contributed by atoms with Gasteiger partial charge in [0.1, 0.15) is 5.82 Å². The quantitative estimate of drug-likeness (QED) is 0.561. The Morgan fingerprint density at radius 3 is 2.86 bits per heavy atom. The Balaban J connectivity index is 1.70. The molecule has 0 radical (unpaired) electrons. The molecule has 4 nitrogen and oxygen atoms in total. The third-order valence-corrected chi connectivity index (χ3v) is 4.70. The predicted octanol–water partition coefficient (Wildman–Crippen LogP) is 3.95. The van der Waals surface area contributed by atoms with Crippen molar-refractivity contribution in [3.8, 4) is 0 Å². The lowest BCUT2D eigenvalue weighted by molar-refractivity contribution is 0.732. The molecule has 0 amide bonds. The minimum atomic E-state index is 0.745. The lowest BCUT2D eigenvalue weighted by Crippen LogP contribution is -2.10. The predicted molar refractivity (Wildman–Crippen MR) is 94.5 cm³/mol. The van der Waals surface area contributed by atoms with Gasteiger partial charge in [-0.1, -0.05) is 0 Å². The highest BCUT2D eigenvalue weighted by atomic mass is 32.1. The van der Waals surface area contributed by atoms with E-state index in [-0.39, 0.29) is 0 Å². The fraction of sp³-hybridized carbons (Fsp3) is 0.118. The summed E-state index contributed by atoms with van der Waals surface area (Å²) in [7, 11) is 0. The molecule has 0 atom stereocenters. The Bertz CT molecular complexity index is 925. The summed E-state index contributed by atoms with van der Waals surface area (Å²) < 4.78 is 3.41. The number of fused-ring (bicyclic) bond motifs is 3. The highest BCUT2D eigenvalue weighted by molar-refractivity contribution is 7.18. The maximum absolute atomic E-state index is 5.90. The van der Waals surface area contributed by atoms with Crippen LogP contribution in [0.4, 0.5) is 11.5 Å². The van der Waals surface area contributed by atoms with Gasteiger partial charge in [-0.3, -0.25) is 0 Å². The van der Waals surface area contributed by atoms with Gasteiger partial charge in [-0.15, -0.1) is 11.3 Å². The topological polar surface area (TPSA) is 55.9 Å². The second-order valence-electron chi connectivity index (χ2n) is 5.25. The van der Waals surface area contributed by atoms with E-state index in [0.29, 0.717) is 0 Å². The molecule has 0 aliphatic rings. The summed E-state index contributed by atoms with van der Waals surface area (Å²) in [6.45, 7) is 1.75. The van der Waals surface area contributed by atoms with Crippen LogP contribution >= 0.6 is 11.3 Å². The molecule has 0 aliphatic carbocycles. The van der Waals surface area contributed by atoms with Crippen LogP contribution < -0.4 is 11.1 Å². The first-order valence-electron chi connectivity index (χ1n) is 7.22. The van der Waals surface area contributed by atoms with Crippen molar-refractivity contribution in [1.29, 1.82) is 0 Å². The van der Waals surface area contributed by atoms with Gasteiger partial charge in [-0.05, 0) is 41.8 Å². The van der Waals surface area contributed by atoms with E-state index < -0.39 is 0 Å². The van der Waals surface area contributed by atoms with Crippen LogP contribution in [0, 0.1) is 0 Å². The molecule has 4 rings (SSSR count). The number of nitrogens with two attached hydrogens (primary N) is 1. The van der Waals surface area contributed by atoms with Crippen LogP contribution in [0.15, 0.2) is 54.2 Å². The third kappa shape index (κ3) is 2.29. The highest BCUT2D eigenvalue weighted by Gasteiger charge is 2.09. The molecule has 3 heterocycles. The van der Waals surface area contributed by atoms with Gasteiger partial charge < -0.3 is 15.6 Å². The molecule has 3 N–H and O–H groups in total. The molecule has 5 heteroatoms. The molecule has 0 fully saturated rings.